The van der Waals surface area contributed by atoms with Crippen LogP contribution in [0.1, 0.15) is 17.0 Å². The first-order valence-corrected chi connectivity index (χ1v) is 6.49. The van der Waals surface area contributed by atoms with Gasteiger partial charge >= 0.3 is 0 Å². The summed E-state index contributed by atoms with van der Waals surface area (Å²) in [4.78, 5) is 0. The number of hydrogen-bond donors (Lipinski definition) is 2. The molecule has 1 heterocycles. The Morgan fingerprint density at radius 2 is 1.80 bits per heavy atom. The van der Waals surface area contributed by atoms with Gasteiger partial charge in [0, 0.05) is 12.0 Å². The van der Waals surface area contributed by atoms with Crippen LogP contribution < -0.4 is 9.47 Å². The van der Waals surface area contributed by atoms with Crippen molar-refractivity contribution in [3.05, 3.63) is 47.5 Å². The predicted molar refractivity (Wildman–Crippen MR) is 74.7 cm³/mol. The topological polar surface area (TPSA) is 58.9 Å². The molecule has 0 aliphatic carbocycles. The molecule has 0 aromatic heterocycles. The Labute approximate surface area is 117 Å². The van der Waals surface area contributed by atoms with Gasteiger partial charge in [0.2, 0.25) is 0 Å². The fraction of sp³-hybridized carbons (Fsp3) is 0.250. The van der Waals surface area contributed by atoms with E-state index in [2.05, 4.69) is 0 Å². The van der Waals surface area contributed by atoms with Crippen molar-refractivity contribution < 1.29 is 19.7 Å². The van der Waals surface area contributed by atoms with E-state index in [1.807, 2.05) is 24.3 Å². The highest BCUT2D eigenvalue weighted by atomic mass is 16.5. The van der Waals surface area contributed by atoms with Gasteiger partial charge in [0.15, 0.2) is 11.5 Å². The standard InChI is InChI=1S/C16H16O4/c1-19-13-4-2-10(3-5-13)12-6-11-7-14(17)15(18)8-16(11)20-9-12/h2-5,7-8,12,17-18H,6,9H2,1H3/t12-/m0/s1. The Morgan fingerprint density at radius 1 is 1.10 bits per heavy atom. The van der Waals surface area contributed by atoms with Gasteiger partial charge in [-0.25, -0.2) is 0 Å². The minimum Gasteiger partial charge on any atom is -0.504 e. The first-order valence-electron chi connectivity index (χ1n) is 6.49. The Hall–Kier alpha value is -2.36. The smallest absolute Gasteiger partial charge is 0.161 e. The Kier molecular flexibility index (Phi) is 3.14. The Bertz CT molecular complexity index is 619. The SMILES string of the molecule is COc1ccc([C@@H]2COc3cc(O)c(O)cc3C2)cc1. The minimum absolute atomic E-state index is 0.109. The first-order chi connectivity index (χ1) is 9.67. The first kappa shape index (κ1) is 12.7. The van der Waals surface area contributed by atoms with Crippen LogP contribution >= 0.6 is 0 Å². The van der Waals surface area contributed by atoms with Crippen LogP contribution in [-0.2, 0) is 6.42 Å². The van der Waals surface area contributed by atoms with E-state index in [0.29, 0.717) is 12.4 Å². The van der Waals surface area contributed by atoms with E-state index in [1.54, 1.807) is 13.2 Å². The molecule has 0 fully saturated rings. The summed E-state index contributed by atoms with van der Waals surface area (Å²) < 4.78 is 10.8. The molecule has 0 bridgehead atoms. The van der Waals surface area contributed by atoms with Gasteiger partial charge in [0.05, 0.1) is 13.7 Å². The molecule has 20 heavy (non-hydrogen) atoms. The molecule has 0 saturated heterocycles. The van der Waals surface area contributed by atoms with Gasteiger partial charge in [0.25, 0.3) is 0 Å². The van der Waals surface area contributed by atoms with Gasteiger partial charge in [0.1, 0.15) is 11.5 Å². The number of methoxy groups -OCH3 is 1. The minimum atomic E-state index is -0.147. The lowest BCUT2D eigenvalue weighted by atomic mass is 9.90. The third kappa shape index (κ3) is 2.25. The van der Waals surface area contributed by atoms with Crippen molar-refractivity contribution in [3.8, 4) is 23.0 Å². The van der Waals surface area contributed by atoms with Gasteiger partial charge in [-0.15, -0.1) is 0 Å². The number of hydrogen-bond acceptors (Lipinski definition) is 4. The number of ether oxygens (including phenoxy) is 2. The number of phenolic OH excluding ortho intramolecular Hbond substituents is 2. The van der Waals surface area contributed by atoms with Crippen LogP contribution in [0.2, 0.25) is 0 Å². The lowest BCUT2D eigenvalue weighted by Gasteiger charge is -2.26. The third-order valence-electron chi connectivity index (χ3n) is 3.65. The van der Waals surface area contributed by atoms with E-state index < -0.39 is 0 Å². The molecule has 0 spiro atoms. The van der Waals surface area contributed by atoms with Gasteiger partial charge in [-0.05, 0) is 35.7 Å². The van der Waals surface area contributed by atoms with Crippen molar-refractivity contribution in [2.45, 2.75) is 12.3 Å². The lowest BCUT2D eigenvalue weighted by molar-refractivity contribution is 0.259. The maximum absolute atomic E-state index is 9.58. The molecule has 1 atom stereocenters. The van der Waals surface area contributed by atoms with Crippen molar-refractivity contribution in [2.24, 2.45) is 0 Å². The molecule has 104 valence electrons. The van der Waals surface area contributed by atoms with Crippen molar-refractivity contribution in [2.75, 3.05) is 13.7 Å². The molecular weight excluding hydrogens is 256 g/mol. The number of rotatable bonds is 2. The molecule has 2 aromatic carbocycles. The van der Waals surface area contributed by atoms with Gasteiger partial charge < -0.3 is 19.7 Å². The highest BCUT2D eigenvalue weighted by Gasteiger charge is 2.23. The molecule has 3 rings (SSSR count). The Balaban J connectivity index is 1.85. The summed E-state index contributed by atoms with van der Waals surface area (Å²) in [5, 5.41) is 19.1. The van der Waals surface area contributed by atoms with Crippen LogP contribution in [0, 0.1) is 0 Å². The molecule has 1 aliphatic heterocycles. The zero-order chi connectivity index (χ0) is 14.1. The fourth-order valence-electron chi connectivity index (χ4n) is 2.50. The summed E-state index contributed by atoms with van der Waals surface area (Å²) in [6.07, 6.45) is 0.773. The summed E-state index contributed by atoms with van der Waals surface area (Å²) in [6.45, 7) is 0.559. The summed E-state index contributed by atoms with van der Waals surface area (Å²) in [5.41, 5.74) is 2.08. The number of phenols is 2. The van der Waals surface area contributed by atoms with Crippen LogP contribution in [0.25, 0.3) is 0 Å². The zero-order valence-corrected chi connectivity index (χ0v) is 11.2. The van der Waals surface area contributed by atoms with E-state index in [4.69, 9.17) is 9.47 Å². The monoisotopic (exact) mass is 272 g/mol. The summed E-state index contributed by atoms with van der Waals surface area (Å²) >= 11 is 0. The van der Waals surface area contributed by atoms with Crippen molar-refractivity contribution in [3.63, 3.8) is 0 Å². The number of benzene rings is 2. The van der Waals surface area contributed by atoms with E-state index in [0.717, 1.165) is 17.7 Å². The molecule has 0 saturated carbocycles. The molecular formula is C16H16O4. The van der Waals surface area contributed by atoms with Crippen LogP contribution in [0.3, 0.4) is 0 Å². The zero-order valence-electron chi connectivity index (χ0n) is 11.2. The quantitative estimate of drug-likeness (QED) is 0.825. The molecule has 1 aliphatic rings. The number of aromatic hydroxyl groups is 2. The molecule has 0 unspecified atom stereocenters. The van der Waals surface area contributed by atoms with Crippen LogP contribution in [-0.4, -0.2) is 23.9 Å². The highest BCUT2D eigenvalue weighted by Crippen LogP contribution is 2.39. The maximum Gasteiger partial charge on any atom is 0.161 e. The van der Waals surface area contributed by atoms with Crippen LogP contribution in [0.5, 0.6) is 23.0 Å². The average molecular weight is 272 g/mol. The van der Waals surface area contributed by atoms with E-state index in [-0.39, 0.29) is 17.4 Å². The van der Waals surface area contributed by atoms with Crippen LogP contribution in [0.4, 0.5) is 0 Å². The van der Waals surface area contributed by atoms with Gasteiger partial charge in [-0.3, -0.25) is 0 Å². The van der Waals surface area contributed by atoms with Crippen LogP contribution in [0.15, 0.2) is 36.4 Å². The average Bonchev–Trinajstić information content (AvgIpc) is 2.48. The predicted octanol–water partition coefficient (Wildman–Crippen LogP) is 2.83. The third-order valence-corrected chi connectivity index (χ3v) is 3.65. The van der Waals surface area contributed by atoms with Gasteiger partial charge in [-0.2, -0.15) is 0 Å². The lowest BCUT2D eigenvalue weighted by Crippen LogP contribution is -2.19. The second-order valence-corrected chi connectivity index (χ2v) is 4.93. The van der Waals surface area contributed by atoms with Crippen molar-refractivity contribution in [1.82, 2.24) is 0 Å². The summed E-state index contributed by atoms with van der Waals surface area (Å²) in [6, 6.07) is 10.9. The summed E-state index contributed by atoms with van der Waals surface area (Å²) in [5.74, 6) is 1.45. The largest absolute Gasteiger partial charge is 0.504 e. The fourth-order valence-corrected chi connectivity index (χ4v) is 2.50. The summed E-state index contributed by atoms with van der Waals surface area (Å²) in [7, 11) is 1.64. The van der Waals surface area contributed by atoms with Gasteiger partial charge in [-0.1, -0.05) is 12.1 Å². The second kappa shape index (κ2) is 4.96. The van der Waals surface area contributed by atoms with E-state index in [1.165, 1.54) is 11.6 Å². The number of fused-ring (bicyclic) bond motifs is 1. The highest BCUT2D eigenvalue weighted by molar-refractivity contribution is 5.50. The van der Waals surface area contributed by atoms with Crippen molar-refractivity contribution >= 4 is 0 Å². The normalized spacial score (nSPS) is 17.1. The molecule has 2 aromatic rings. The van der Waals surface area contributed by atoms with E-state index in [9.17, 15) is 10.2 Å². The van der Waals surface area contributed by atoms with Crippen molar-refractivity contribution in [1.29, 1.82) is 0 Å². The van der Waals surface area contributed by atoms with E-state index >= 15 is 0 Å². The maximum atomic E-state index is 9.58. The molecule has 4 nitrogen and oxygen atoms in total. The molecule has 2 N–H and O–H groups in total. The Morgan fingerprint density at radius 3 is 2.50 bits per heavy atom. The molecule has 0 radical (unpaired) electrons. The molecule has 4 heteroatoms. The second-order valence-electron chi connectivity index (χ2n) is 4.93. The molecule has 0 amide bonds.